The lowest BCUT2D eigenvalue weighted by Crippen LogP contribution is -2.25. The first kappa shape index (κ1) is 20.3. The molecule has 1 saturated heterocycles. The van der Waals surface area contributed by atoms with Crippen LogP contribution in [-0.4, -0.2) is 62.7 Å². The molecule has 3 rings (SSSR count). The van der Waals surface area contributed by atoms with Crippen molar-refractivity contribution in [3.8, 4) is 5.88 Å². The van der Waals surface area contributed by atoms with Gasteiger partial charge in [-0.15, -0.1) is 0 Å². The molecule has 1 aliphatic heterocycles. The van der Waals surface area contributed by atoms with Crippen LogP contribution in [0.5, 0.6) is 5.88 Å². The fourth-order valence-corrected chi connectivity index (χ4v) is 4.69. The lowest BCUT2D eigenvalue weighted by Gasteiger charge is -2.17. The number of carbonyl (C=O) groups is 2. The molecule has 0 aliphatic carbocycles. The molecule has 1 N–H and O–H groups in total. The zero-order valence-corrected chi connectivity index (χ0v) is 16.7. The van der Waals surface area contributed by atoms with E-state index in [9.17, 15) is 18.9 Å². The van der Waals surface area contributed by atoms with E-state index in [1.54, 1.807) is 0 Å². The minimum absolute atomic E-state index is 0.00586. The Morgan fingerprint density at radius 2 is 1.93 bits per heavy atom. The topological polar surface area (TPSA) is 120 Å². The molecular weight excluding hydrogens is 410 g/mol. The van der Waals surface area contributed by atoms with Crippen molar-refractivity contribution in [1.82, 2.24) is 9.78 Å². The third-order valence-electron chi connectivity index (χ3n) is 4.27. The number of aromatic nitrogens is 2. The van der Waals surface area contributed by atoms with E-state index in [4.69, 9.17) is 21.1 Å². The predicted octanol–water partition coefficient (Wildman–Crippen LogP) is 1.93. The van der Waals surface area contributed by atoms with Crippen LogP contribution in [0.3, 0.4) is 0 Å². The first-order valence-electron chi connectivity index (χ1n) is 8.24. The molecule has 28 heavy (non-hydrogen) atoms. The average molecular weight is 428 g/mol. The summed E-state index contributed by atoms with van der Waals surface area (Å²) in [7, 11) is -0.0383. The molecule has 2 heterocycles. The number of rotatable bonds is 4. The van der Waals surface area contributed by atoms with Crippen molar-refractivity contribution in [2.75, 3.05) is 31.8 Å². The summed E-state index contributed by atoms with van der Waals surface area (Å²) in [6.07, 6.45) is 1.21. The number of hydrogen-bond acceptors (Lipinski definition) is 8. The normalized spacial score (nSPS) is 15.8. The minimum atomic E-state index is -2.71. The SMILES string of the molecule is COC(=O)c1ccc(C(=O)c2cnn(C)c2O)c(Cl)c1N=S1(=O)CCOCC1. The van der Waals surface area contributed by atoms with E-state index in [0.29, 0.717) is 0 Å². The number of hydrogen-bond donors (Lipinski definition) is 1. The molecule has 0 spiro atoms. The van der Waals surface area contributed by atoms with E-state index in [-0.39, 0.29) is 58.0 Å². The van der Waals surface area contributed by atoms with Gasteiger partial charge in [-0.25, -0.2) is 13.7 Å². The van der Waals surface area contributed by atoms with E-state index in [1.807, 2.05) is 0 Å². The molecule has 1 aromatic carbocycles. The van der Waals surface area contributed by atoms with Crippen molar-refractivity contribution in [2.24, 2.45) is 11.4 Å². The molecule has 2 aromatic rings. The number of nitrogens with zero attached hydrogens (tertiary/aromatic N) is 3. The first-order chi connectivity index (χ1) is 13.3. The number of esters is 1. The Morgan fingerprint density at radius 1 is 1.29 bits per heavy atom. The Labute approximate surface area is 166 Å². The van der Waals surface area contributed by atoms with Crippen LogP contribution in [0.15, 0.2) is 22.7 Å². The number of carbonyl (C=O) groups excluding carboxylic acids is 2. The van der Waals surface area contributed by atoms with Crippen LogP contribution in [0.2, 0.25) is 5.02 Å². The van der Waals surface area contributed by atoms with Crippen molar-refractivity contribution in [3.05, 3.63) is 40.0 Å². The average Bonchev–Trinajstić information content (AvgIpc) is 3.01. The molecule has 9 nitrogen and oxygen atoms in total. The van der Waals surface area contributed by atoms with Gasteiger partial charge in [0.1, 0.15) is 11.3 Å². The molecule has 0 saturated carbocycles. The second-order valence-corrected chi connectivity index (χ2v) is 8.96. The van der Waals surface area contributed by atoms with Crippen LogP contribution in [0.25, 0.3) is 0 Å². The second kappa shape index (κ2) is 7.90. The van der Waals surface area contributed by atoms with E-state index in [1.165, 1.54) is 32.5 Å². The van der Waals surface area contributed by atoms with Gasteiger partial charge in [-0.05, 0) is 12.1 Å². The lowest BCUT2D eigenvalue weighted by molar-refractivity contribution is 0.0601. The highest BCUT2D eigenvalue weighted by molar-refractivity contribution is 7.93. The van der Waals surface area contributed by atoms with Gasteiger partial charge in [-0.2, -0.15) is 9.46 Å². The smallest absolute Gasteiger partial charge is 0.340 e. The quantitative estimate of drug-likeness (QED) is 0.584. The molecule has 0 bridgehead atoms. The molecular formula is C17H18ClN3O6S. The summed E-state index contributed by atoms with van der Waals surface area (Å²) >= 11 is 6.41. The molecule has 0 radical (unpaired) electrons. The molecule has 0 atom stereocenters. The number of methoxy groups -OCH3 is 1. The van der Waals surface area contributed by atoms with Gasteiger partial charge in [0, 0.05) is 12.6 Å². The van der Waals surface area contributed by atoms with E-state index in [0.717, 1.165) is 4.68 Å². The maximum atomic E-state index is 13.0. The second-order valence-electron chi connectivity index (χ2n) is 6.03. The maximum Gasteiger partial charge on any atom is 0.340 e. The van der Waals surface area contributed by atoms with Gasteiger partial charge in [0.05, 0.1) is 58.3 Å². The van der Waals surface area contributed by atoms with Crippen LogP contribution >= 0.6 is 11.6 Å². The molecule has 150 valence electrons. The predicted molar refractivity (Wildman–Crippen MR) is 102 cm³/mol. The Hall–Kier alpha value is -2.43. The molecule has 1 fully saturated rings. The summed E-state index contributed by atoms with van der Waals surface area (Å²) in [6.45, 7) is 0.547. The molecule has 0 unspecified atom stereocenters. The third-order valence-corrected chi connectivity index (χ3v) is 6.78. The van der Waals surface area contributed by atoms with Crippen molar-refractivity contribution in [2.45, 2.75) is 0 Å². The lowest BCUT2D eigenvalue weighted by atomic mass is 10.0. The summed E-state index contributed by atoms with van der Waals surface area (Å²) in [6, 6.07) is 2.67. The monoisotopic (exact) mass is 427 g/mol. The van der Waals surface area contributed by atoms with E-state index >= 15 is 0 Å². The Kier molecular flexibility index (Phi) is 5.73. The van der Waals surface area contributed by atoms with Crippen LogP contribution < -0.4 is 0 Å². The number of aromatic hydroxyl groups is 1. The number of ether oxygens (including phenoxy) is 2. The van der Waals surface area contributed by atoms with Gasteiger partial charge in [-0.1, -0.05) is 11.6 Å². The third kappa shape index (κ3) is 3.75. The maximum absolute atomic E-state index is 13.0. The number of benzene rings is 1. The highest BCUT2D eigenvalue weighted by atomic mass is 35.5. The molecule has 0 amide bonds. The van der Waals surface area contributed by atoms with Gasteiger partial charge < -0.3 is 14.6 Å². The Balaban J connectivity index is 2.18. The standard InChI is InChI=1S/C17H18ClN3O6S/c1-21-16(23)12(9-19-21)15(22)10-3-4-11(17(24)26-2)14(13(10)18)20-28(25)7-5-27-6-8-28/h3-4,9,23H,5-8H2,1-2H3. The highest BCUT2D eigenvalue weighted by Crippen LogP contribution is 2.36. The Morgan fingerprint density at radius 3 is 2.50 bits per heavy atom. The van der Waals surface area contributed by atoms with Crippen LogP contribution in [0, 0.1) is 0 Å². The van der Waals surface area contributed by atoms with Crippen LogP contribution in [-0.2, 0) is 26.3 Å². The fourth-order valence-electron chi connectivity index (χ4n) is 2.68. The number of aryl methyl sites for hydroxylation is 1. The summed E-state index contributed by atoms with van der Waals surface area (Å²) in [5, 5.41) is 13.7. The van der Waals surface area contributed by atoms with Gasteiger partial charge in [0.15, 0.2) is 0 Å². The minimum Gasteiger partial charge on any atom is -0.493 e. The zero-order valence-electron chi connectivity index (χ0n) is 15.2. The zero-order chi connectivity index (χ0) is 20.5. The molecule has 1 aliphatic rings. The van der Waals surface area contributed by atoms with Crippen molar-refractivity contribution in [1.29, 1.82) is 0 Å². The van der Waals surface area contributed by atoms with E-state index in [2.05, 4.69) is 9.46 Å². The first-order valence-corrected chi connectivity index (χ1v) is 10.5. The Bertz CT molecular complexity index is 1060. The van der Waals surface area contributed by atoms with Gasteiger partial charge in [-0.3, -0.25) is 4.79 Å². The molecule has 1 aromatic heterocycles. The highest BCUT2D eigenvalue weighted by Gasteiger charge is 2.26. The van der Waals surface area contributed by atoms with Gasteiger partial charge in [0.25, 0.3) is 0 Å². The van der Waals surface area contributed by atoms with Crippen molar-refractivity contribution >= 4 is 38.8 Å². The van der Waals surface area contributed by atoms with Gasteiger partial charge >= 0.3 is 5.97 Å². The summed E-state index contributed by atoms with van der Waals surface area (Å²) in [5.74, 6) is -1.28. The fraction of sp³-hybridized carbons (Fsp3) is 0.353. The van der Waals surface area contributed by atoms with E-state index < -0.39 is 21.5 Å². The van der Waals surface area contributed by atoms with Crippen molar-refractivity contribution in [3.63, 3.8) is 0 Å². The van der Waals surface area contributed by atoms with Crippen LogP contribution in [0.4, 0.5) is 5.69 Å². The largest absolute Gasteiger partial charge is 0.493 e. The number of halogens is 1. The summed E-state index contributed by atoms with van der Waals surface area (Å²) < 4.78 is 28.4. The van der Waals surface area contributed by atoms with Gasteiger partial charge in [0.2, 0.25) is 11.7 Å². The summed E-state index contributed by atoms with van der Waals surface area (Å²) in [5.41, 5.74) is -0.147. The number of ketones is 1. The molecule has 11 heteroatoms. The van der Waals surface area contributed by atoms with Crippen molar-refractivity contribution < 1.29 is 28.4 Å². The summed E-state index contributed by atoms with van der Waals surface area (Å²) in [4.78, 5) is 25.0. The van der Waals surface area contributed by atoms with Crippen LogP contribution in [0.1, 0.15) is 26.3 Å².